The van der Waals surface area contributed by atoms with Gasteiger partial charge in [0.05, 0.1) is 5.56 Å². The third kappa shape index (κ3) is 5.60. The van der Waals surface area contributed by atoms with Crippen LogP contribution in [-0.2, 0) is 4.79 Å². The lowest BCUT2D eigenvalue weighted by molar-refractivity contribution is -0.119. The van der Waals surface area contributed by atoms with Crippen LogP contribution >= 0.6 is 0 Å². The fourth-order valence-corrected chi connectivity index (χ4v) is 4.70. The molecule has 1 saturated carbocycles. The summed E-state index contributed by atoms with van der Waals surface area (Å²) in [6.45, 7) is 2.71. The molecular weight excluding hydrogens is 362 g/mol. The number of primary amides is 1. The summed E-state index contributed by atoms with van der Waals surface area (Å²) in [4.78, 5) is 26.0. The molecule has 0 spiro atoms. The summed E-state index contributed by atoms with van der Waals surface area (Å²) in [5.41, 5.74) is 5.30. The molecule has 1 heterocycles. The molecule has 1 aromatic carbocycles. The number of benzene rings is 1. The van der Waals surface area contributed by atoms with E-state index >= 15 is 0 Å². The summed E-state index contributed by atoms with van der Waals surface area (Å²) >= 11 is 0. The Hall–Kier alpha value is -1.82. The number of halogens is 2. The lowest BCUT2D eigenvalue weighted by Gasteiger charge is -2.33. The molecule has 1 aromatic rings. The molecule has 3 rings (SSSR count). The first-order chi connectivity index (χ1) is 13.4. The average molecular weight is 392 g/mol. The number of nitrogens with zero attached hydrogens (tertiary/aromatic N) is 1. The monoisotopic (exact) mass is 392 g/mol. The van der Waals surface area contributed by atoms with Gasteiger partial charge in [0.1, 0.15) is 11.6 Å². The molecule has 0 aromatic heterocycles. The number of carbonyl (C=O) groups is 2. The van der Waals surface area contributed by atoms with Gasteiger partial charge in [0, 0.05) is 18.4 Å². The van der Waals surface area contributed by atoms with Crippen LogP contribution in [0.1, 0.15) is 61.7 Å². The van der Waals surface area contributed by atoms with Crippen molar-refractivity contribution in [3.8, 4) is 0 Å². The second kappa shape index (κ2) is 9.59. The van der Waals surface area contributed by atoms with E-state index in [2.05, 4.69) is 4.90 Å². The third-order valence-electron chi connectivity index (χ3n) is 6.46. The van der Waals surface area contributed by atoms with Crippen LogP contribution in [0.4, 0.5) is 8.78 Å². The van der Waals surface area contributed by atoms with Crippen LogP contribution in [-0.4, -0.2) is 36.2 Å². The molecule has 154 valence electrons. The summed E-state index contributed by atoms with van der Waals surface area (Å²) in [7, 11) is 0. The highest BCUT2D eigenvalue weighted by atomic mass is 19.1. The predicted molar refractivity (Wildman–Crippen MR) is 104 cm³/mol. The van der Waals surface area contributed by atoms with Gasteiger partial charge in [0.15, 0.2) is 5.78 Å². The number of hydrogen-bond donors (Lipinski definition) is 1. The molecule has 1 amide bonds. The Kier molecular flexibility index (Phi) is 7.16. The Morgan fingerprint density at radius 3 is 2.25 bits per heavy atom. The summed E-state index contributed by atoms with van der Waals surface area (Å²) in [6, 6.07) is 3.18. The summed E-state index contributed by atoms with van der Waals surface area (Å²) < 4.78 is 26.9. The van der Waals surface area contributed by atoms with Crippen LogP contribution in [0.5, 0.6) is 0 Å². The minimum atomic E-state index is -0.764. The number of likely N-dealkylation sites (tertiary alicyclic amines) is 1. The molecule has 0 unspecified atom stereocenters. The third-order valence-corrected chi connectivity index (χ3v) is 6.46. The van der Waals surface area contributed by atoms with Crippen molar-refractivity contribution in [3.05, 3.63) is 35.4 Å². The largest absolute Gasteiger partial charge is 0.370 e. The molecule has 0 radical (unpaired) electrons. The van der Waals surface area contributed by atoms with E-state index in [0.717, 1.165) is 76.7 Å². The highest BCUT2D eigenvalue weighted by Gasteiger charge is 2.28. The van der Waals surface area contributed by atoms with Crippen molar-refractivity contribution in [2.45, 2.75) is 51.4 Å². The summed E-state index contributed by atoms with van der Waals surface area (Å²) in [5.74, 6) is -0.835. The molecule has 1 saturated heterocycles. The summed E-state index contributed by atoms with van der Waals surface area (Å²) in [6.07, 6.45) is 7.62. The van der Waals surface area contributed by atoms with Gasteiger partial charge >= 0.3 is 0 Å². The molecule has 2 N–H and O–H groups in total. The molecule has 0 atom stereocenters. The molecular formula is C22H30F2N2O2. The van der Waals surface area contributed by atoms with E-state index in [-0.39, 0.29) is 23.2 Å². The van der Waals surface area contributed by atoms with Gasteiger partial charge in [0.25, 0.3) is 0 Å². The number of carbonyl (C=O) groups excluding carboxylic acids is 2. The normalized spacial score (nSPS) is 24.2. The molecule has 6 heteroatoms. The SMILES string of the molecule is NC(=O)CC1CCC(CCN2CCC(C(=O)c3ccc(F)cc3F)CC2)CC1. The lowest BCUT2D eigenvalue weighted by atomic mass is 9.79. The number of amides is 1. The minimum Gasteiger partial charge on any atom is -0.370 e. The average Bonchev–Trinajstić information content (AvgIpc) is 2.67. The molecule has 0 bridgehead atoms. The Morgan fingerprint density at radius 2 is 1.64 bits per heavy atom. The van der Waals surface area contributed by atoms with Gasteiger partial charge in [-0.15, -0.1) is 0 Å². The molecule has 2 fully saturated rings. The fourth-order valence-electron chi connectivity index (χ4n) is 4.70. The molecule has 1 aliphatic heterocycles. The van der Waals surface area contributed by atoms with E-state index in [9.17, 15) is 18.4 Å². The van der Waals surface area contributed by atoms with Gasteiger partial charge in [0.2, 0.25) is 5.91 Å². The van der Waals surface area contributed by atoms with Crippen molar-refractivity contribution in [1.82, 2.24) is 4.90 Å². The number of ketones is 1. The van der Waals surface area contributed by atoms with Crippen LogP contribution in [0.25, 0.3) is 0 Å². The Labute approximate surface area is 165 Å². The zero-order valence-electron chi connectivity index (χ0n) is 16.3. The number of Topliss-reactive ketones (excluding diaryl/α,β-unsaturated/α-hetero) is 1. The van der Waals surface area contributed by atoms with Gasteiger partial charge < -0.3 is 10.6 Å². The van der Waals surface area contributed by atoms with E-state index in [1.807, 2.05) is 0 Å². The Morgan fingerprint density at radius 1 is 1.00 bits per heavy atom. The maximum atomic E-state index is 13.9. The van der Waals surface area contributed by atoms with Crippen LogP contribution in [0.2, 0.25) is 0 Å². The quantitative estimate of drug-likeness (QED) is 0.715. The highest BCUT2D eigenvalue weighted by Crippen LogP contribution is 2.33. The number of nitrogens with two attached hydrogens (primary N) is 1. The smallest absolute Gasteiger partial charge is 0.217 e. The van der Waals surface area contributed by atoms with Crippen molar-refractivity contribution in [2.75, 3.05) is 19.6 Å². The zero-order chi connectivity index (χ0) is 20.1. The van der Waals surface area contributed by atoms with Gasteiger partial charge in [-0.05, 0) is 75.7 Å². The first-order valence-corrected chi connectivity index (χ1v) is 10.4. The maximum absolute atomic E-state index is 13.9. The first kappa shape index (κ1) is 20.9. The van der Waals surface area contributed by atoms with E-state index in [1.54, 1.807) is 0 Å². The standard InChI is InChI=1S/C22H30F2N2O2/c23-18-5-6-19(20(24)14-18)22(28)17-8-11-26(12-9-17)10-7-15-1-3-16(4-2-15)13-21(25)27/h5-6,14-17H,1-4,7-13H2,(H2,25,27). The molecule has 4 nitrogen and oxygen atoms in total. The second-order valence-corrected chi connectivity index (χ2v) is 8.45. The Bertz CT molecular complexity index is 694. The summed E-state index contributed by atoms with van der Waals surface area (Å²) in [5, 5.41) is 0. The first-order valence-electron chi connectivity index (χ1n) is 10.4. The zero-order valence-corrected chi connectivity index (χ0v) is 16.3. The van der Waals surface area contributed by atoms with E-state index in [4.69, 9.17) is 5.73 Å². The molecule has 2 aliphatic rings. The maximum Gasteiger partial charge on any atom is 0.217 e. The van der Waals surface area contributed by atoms with E-state index in [0.29, 0.717) is 18.3 Å². The van der Waals surface area contributed by atoms with Crippen molar-refractivity contribution >= 4 is 11.7 Å². The minimum absolute atomic E-state index is 0.00701. The highest BCUT2D eigenvalue weighted by molar-refractivity contribution is 5.98. The van der Waals surface area contributed by atoms with Crippen molar-refractivity contribution < 1.29 is 18.4 Å². The van der Waals surface area contributed by atoms with Crippen molar-refractivity contribution in [3.63, 3.8) is 0 Å². The number of piperidine rings is 1. The van der Waals surface area contributed by atoms with Crippen LogP contribution in [0, 0.1) is 29.4 Å². The van der Waals surface area contributed by atoms with E-state index in [1.165, 1.54) is 6.07 Å². The predicted octanol–water partition coefficient (Wildman–Crippen LogP) is 3.93. The van der Waals surface area contributed by atoms with Gasteiger partial charge in [-0.1, -0.05) is 12.8 Å². The van der Waals surface area contributed by atoms with E-state index < -0.39 is 11.6 Å². The Balaban J connectivity index is 1.39. The topological polar surface area (TPSA) is 63.4 Å². The van der Waals surface area contributed by atoms with Crippen LogP contribution < -0.4 is 5.73 Å². The fraction of sp³-hybridized carbons (Fsp3) is 0.636. The second-order valence-electron chi connectivity index (χ2n) is 8.45. The van der Waals surface area contributed by atoms with Crippen molar-refractivity contribution in [2.24, 2.45) is 23.5 Å². The lowest BCUT2D eigenvalue weighted by Crippen LogP contribution is -2.37. The molecule has 28 heavy (non-hydrogen) atoms. The van der Waals surface area contributed by atoms with Crippen molar-refractivity contribution in [1.29, 1.82) is 0 Å². The van der Waals surface area contributed by atoms with Crippen LogP contribution in [0.3, 0.4) is 0 Å². The number of rotatable bonds is 7. The van der Waals surface area contributed by atoms with Gasteiger partial charge in [-0.2, -0.15) is 0 Å². The van der Waals surface area contributed by atoms with Gasteiger partial charge in [-0.25, -0.2) is 8.78 Å². The number of hydrogen-bond acceptors (Lipinski definition) is 3. The van der Waals surface area contributed by atoms with Gasteiger partial charge in [-0.3, -0.25) is 9.59 Å². The molecule has 1 aliphatic carbocycles. The van der Waals surface area contributed by atoms with Crippen LogP contribution in [0.15, 0.2) is 18.2 Å².